The predicted molar refractivity (Wildman–Crippen MR) is 71.0 cm³/mol. The van der Waals surface area contributed by atoms with Crippen LogP contribution in [0.3, 0.4) is 0 Å². The van der Waals surface area contributed by atoms with Gasteiger partial charge in [-0.15, -0.1) is 0 Å². The minimum atomic E-state index is -1.38. The number of quaternary nitrogens is 1. The Kier molecular flexibility index (Phi) is 4.39. The third-order valence-corrected chi connectivity index (χ3v) is 2.60. The number of carbonyl (C=O) groups excluding carboxylic acids is 2. The van der Waals surface area contributed by atoms with Crippen molar-refractivity contribution >= 4 is 17.4 Å². The van der Waals surface area contributed by atoms with Crippen molar-refractivity contribution in [1.29, 1.82) is 0 Å². The summed E-state index contributed by atoms with van der Waals surface area (Å²) in [7, 11) is 0. The minimum absolute atomic E-state index is 0. The Morgan fingerprint density at radius 1 is 0.842 bits per heavy atom. The summed E-state index contributed by atoms with van der Waals surface area (Å²) in [5.41, 5.74) is 6.25. The van der Waals surface area contributed by atoms with E-state index in [0.717, 1.165) is 0 Å². The van der Waals surface area contributed by atoms with Crippen LogP contribution < -0.4 is 17.0 Å². The highest BCUT2D eigenvalue weighted by molar-refractivity contribution is 6.16. The molecule has 5 nitrogen and oxygen atoms in total. The third-order valence-electron chi connectivity index (χ3n) is 2.60. The van der Waals surface area contributed by atoms with Crippen LogP contribution in [0.2, 0.25) is 0 Å². The topological polar surface area (TPSA) is 120 Å². The van der Waals surface area contributed by atoms with E-state index in [4.69, 9.17) is 5.73 Å². The average molecular weight is 258 g/mol. The van der Waals surface area contributed by atoms with Gasteiger partial charge in [-0.3, -0.25) is 4.79 Å². The van der Waals surface area contributed by atoms with Crippen molar-refractivity contribution in [1.82, 2.24) is 6.15 Å². The number of ketones is 1. The van der Waals surface area contributed by atoms with Gasteiger partial charge in [0.2, 0.25) is 0 Å². The Balaban J connectivity index is 0.00000180. The lowest BCUT2D eigenvalue weighted by atomic mass is 9.97. The normalized spacial score (nSPS) is 9.47. The van der Waals surface area contributed by atoms with Crippen molar-refractivity contribution in [2.45, 2.75) is 0 Å². The van der Waals surface area contributed by atoms with Crippen LogP contribution in [0.25, 0.3) is 0 Å². The Morgan fingerprint density at radius 3 is 1.84 bits per heavy atom. The summed E-state index contributed by atoms with van der Waals surface area (Å²) in [4.78, 5) is 23.2. The molecule has 0 unspecified atom stereocenters. The number of benzene rings is 2. The van der Waals surface area contributed by atoms with Gasteiger partial charge in [0.15, 0.2) is 5.78 Å². The maximum absolute atomic E-state index is 12.2. The molecule has 2 aromatic rings. The molecule has 19 heavy (non-hydrogen) atoms. The molecule has 0 aliphatic heterocycles. The van der Waals surface area contributed by atoms with E-state index < -0.39 is 11.8 Å². The zero-order valence-corrected chi connectivity index (χ0v) is 10.4. The van der Waals surface area contributed by atoms with Crippen molar-refractivity contribution in [2.24, 2.45) is 0 Å². The first kappa shape index (κ1) is 14.4. The molecule has 0 spiro atoms. The Morgan fingerprint density at radius 2 is 1.32 bits per heavy atom. The van der Waals surface area contributed by atoms with E-state index in [1.165, 1.54) is 18.2 Å². The summed E-state index contributed by atoms with van der Waals surface area (Å²) in [5, 5.41) is 10.9. The van der Waals surface area contributed by atoms with E-state index in [2.05, 4.69) is 0 Å². The van der Waals surface area contributed by atoms with Crippen LogP contribution in [0.15, 0.2) is 48.5 Å². The van der Waals surface area contributed by atoms with Gasteiger partial charge < -0.3 is 21.8 Å². The molecule has 0 amide bonds. The molecule has 6 N–H and O–H groups in total. The summed E-state index contributed by atoms with van der Waals surface area (Å²) in [6, 6.07) is 12.4. The largest absolute Gasteiger partial charge is 0.545 e. The Labute approximate surface area is 110 Å². The predicted octanol–water partition coefficient (Wildman–Crippen LogP) is 1.24. The second-order valence-electron chi connectivity index (χ2n) is 3.75. The lowest BCUT2D eigenvalue weighted by Gasteiger charge is -2.10. The first-order valence-electron chi connectivity index (χ1n) is 5.31. The second-order valence-corrected chi connectivity index (χ2v) is 3.75. The van der Waals surface area contributed by atoms with E-state index in [0.29, 0.717) is 5.69 Å². The quantitative estimate of drug-likeness (QED) is 0.635. The van der Waals surface area contributed by atoms with Crippen LogP contribution in [0.5, 0.6) is 0 Å². The molecule has 0 bridgehead atoms. The van der Waals surface area contributed by atoms with Gasteiger partial charge in [-0.1, -0.05) is 36.4 Å². The second kappa shape index (κ2) is 5.79. The molecule has 98 valence electrons. The van der Waals surface area contributed by atoms with Crippen molar-refractivity contribution in [3.63, 3.8) is 0 Å². The molecule has 0 atom stereocenters. The summed E-state index contributed by atoms with van der Waals surface area (Å²) in [6.07, 6.45) is 0. The lowest BCUT2D eigenvalue weighted by Crippen LogP contribution is -2.25. The van der Waals surface area contributed by atoms with Gasteiger partial charge in [0.1, 0.15) is 0 Å². The molecular weight excluding hydrogens is 244 g/mol. The zero-order valence-electron chi connectivity index (χ0n) is 10.4. The number of carboxylic acid groups (broad SMARTS) is 1. The number of nitrogens with two attached hydrogens (primary N) is 1. The molecule has 0 saturated carbocycles. The van der Waals surface area contributed by atoms with Gasteiger partial charge in [0.25, 0.3) is 0 Å². The number of carboxylic acids is 1. The van der Waals surface area contributed by atoms with Gasteiger partial charge in [-0.2, -0.15) is 0 Å². The zero-order chi connectivity index (χ0) is 13.1. The van der Waals surface area contributed by atoms with E-state index in [1.807, 2.05) is 0 Å². The lowest BCUT2D eigenvalue weighted by molar-refractivity contribution is -0.255. The van der Waals surface area contributed by atoms with E-state index in [1.54, 1.807) is 30.3 Å². The maximum atomic E-state index is 12.2. The SMILES string of the molecule is Nc1ccccc1C(=O)c1ccccc1C(=O)[O-].[NH4+]. The summed E-state index contributed by atoms with van der Waals surface area (Å²) >= 11 is 0. The molecule has 0 aliphatic carbocycles. The monoisotopic (exact) mass is 258 g/mol. The fraction of sp³-hybridized carbons (Fsp3) is 0. The maximum Gasteiger partial charge on any atom is 0.195 e. The Bertz CT molecular complexity index is 624. The van der Waals surface area contributed by atoms with Gasteiger partial charge in [0, 0.05) is 22.4 Å². The van der Waals surface area contributed by atoms with Crippen LogP contribution in [0.1, 0.15) is 26.3 Å². The standard InChI is InChI=1S/C14H11NO3.H3N/c15-12-8-4-3-7-11(12)13(16)9-5-1-2-6-10(9)14(17)18;/h1-8H,15H2,(H,17,18);1H3. The number of rotatable bonds is 3. The van der Waals surface area contributed by atoms with Crippen molar-refractivity contribution < 1.29 is 14.7 Å². The average Bonchev–Trinajstić information content (AvgIpc) is 2.38. The van der Waals surface area contributed by atoms with Crippen LogP contribution in [-0.4, -0.2) is 11.8 Å². The molecule has 0 aliphatic rings. The van der Waals surface area contributed by atoms with Crippen molar-refractivity contribution in [3.05, 3.63) is 65.2 Å². The number of hydrogen-bond donors (Lipinski definition) is 2. The molecule has 2 aromatic carbocycles. The number of aromatic carboxylic acids is 1. The Hall–Kier alpha value is -2.66. The molecule has 0 radical (unpaired) electrons. The minimum Gasteiger partial charge on any atom is -0.545 e. The fourth-order valence-corrected chi connectivity index (χ4v) is 1.71. The molecule has 0 aromatic heterocycles. The van der Waals surface area contributed by atoms with Crippen molar-refractivity contribution in [3.8, 4) is 0 Å². The van der Waals surface area contributed by atoms with Crippen molar-refractivity contribution in [2.75, 3.05) is 5.73 Å². The molecule has 0 heterocycles. The summed E-state index contributed by atoms with van der Waals surface area (Å²) in [5.74, 6) is -1.80. The number of para-hydroxylation sites is 1. The number of carbonyl (C=O) groups is 2. The highest BCUT2D eigenvalue weighted by Crippen LogP contribution is 2.18. The highest BCUT2D eigenvalue weighted by atomic mass is 16.4. The first-order chi connectivity index (χ1) is 8.61. The summed E-state index contributed by atoms with van der Waals surface area (Å²) in [6.45, 7) is 0. The van der Waals surface area contributed by atoms with Crippen LogP contribution in [0.4, 0.5) is 5.69 Å². The molecule has 0 fully saturated rings. The van der Waals surface area contributed by atoms with Crippen LogP contribution in [-0.2, 0) is 0 Å². The van der Waals surface area contributed by atoms with E-state index >= 15 is 0 Å². The van der Waals surface area contributed by atoms with Gasteiger partial charge >= 0.3 is 0 Å². The smallest absolute Gasteiger partial charge is 0.195 e. The van der Waals surface area contributed by atoms with Gasteiger partial charge in [0.05, 0.1) is 5.97 Å². The highest BCUT2D eigenvalue weighted by Gasteiger charge is 2.15. The number of hydrogen-bond acceptors (Lipinski definition) is 4. The van der Waals surface area contributed by atoms with Gasteiger partial charge in [-0.25, -0.2) is 0 Å². The molecular formula is C14H14N2O3. The third kappa shape index (κ3) is 2.78. The molecule has 0 saturated heterocycles. The van der Waals surface area contributed by atoms with Crippen LogP contribution >= 0.6 is 0 Å². The number of anilines is 1. The van der Waals surface area contributed by atoms with Gasteiger partial charge in [-0.05, 0) is 12.1 Å². The van der Waals surface area contributed by atoms with E-state index in [-0.39, 0.29) is 22.8 Å². The number of nitrogen functional groups attached to an aromatic ring is 1. The van der Waals surface area contributed by atoms with Crippen LogP contribution in [0, 0.1) is 0 Å². The van der Waals surface area contributed by atoms with E-state index in [9.17, 15) is 14.7 Å². The first-order valence-corrected chi connectivity index (χ1v) is 5.31. The fourth-order valence-electron chi connectivity index (χ4n) is 1.71. The molecule has 5 heteroatoms. The summed E-state index contributed by atoms with van der Waals surface area (Å²) < 4.78 is 0. The molecule has 2 rings (SSSR count).